The van der Waals surface area contributed by atoms with Crippen molar-refractivity contribution < 1.29 is 0 Å². The van der Waals surface area contributed by atoms with Crippen LogP contribution in [0.1, 0.15) is 38.0 Å². The van der Waals surface area contributed by atoms with E-state index in [4.69, 9.17) is 0 Å². The fraction of sp³-hybridized carbons (Fsp3) is 0.733. The second kappa shape index (κ2) is 7.06. The Bertz CT molecular complexity index is 361. The summed E-state index contributed by atoms with van der Waals surface area (Å²) < 4.78 is 1.25. The number of rotatable bonds is 6. The van der Waals surface area contributed by atoms with Gasteiger partial charge in [0.25, 0.3) is 0 Å². The van der Waals surface area contributed by atoms with E-state index in [2.05, 4.69) is 46.5 Å². The highest BCUT2D eigenvalue weighted by Gasteiger charge is 2.27. The van der Waals surface area contributed by atoms with Gasteiger partial charge in [-0.15, -0.1) is 11.3 Å². The molecule has 0 saturated heterocycles. The lowest BCUT2D eigenvalue weighted by molar-refractivity contribution is 0.359. The molecule has 1 nitrogen and oxygen atoms in total. The summed E-state index contributed by atoms with van der Waals surface area (Å²) in [6.45, 7) is 6.94. The molecule has 2 rings (SSSR count). The molecule has 1 N–H and O–H groups in total. The Morgan fingerprint density at radius 2 is 2.17 bits per heavy atom. The fourth-order valence-electron chi connectivity index (χ4n) is 2.93. The zero-order chi connectivity index (χ0) is 13.0. The summed E-state index contributed by atoms with van der Waals surface area (Å²) >= 11 is 5.45. The third-order valence-electron chi connectivity index (χ3n) is 3.86. The molecule has 1 fully saturated rings. The monoisotopic (exact) mass is 329 g/mol. The molecule has 1 aliphatic carbocycles. The summed E-state index contributed by atoms with van der Waals surface area (Å²) in [4.78, 5) is 1.54. The van der Waals surface area contributed by atoms with Crippen LogP contribution in [0.2, 0.25) is 0 Å². The maximum absolute atomic E-state index is 3.64. The first-order valence-corrected chi connectivity index (χ1v) is 8.76. The average molecular weight is 330 g/mol. The average Bonchev–Trinajstić information content (AvgIpc) is 2.89. The van der Waals surface area contributed by atoms with E-state index in [0.717, 1.165) is 24.3 Å². The van der Waals surface area contributed by atoms with Crippen LogP contribution < -0.4 is 5.32 Å². The predicted octanol–water partition coefficient (Wildman–Crippen LogP) is 4.72. The van der Waals surface area contributed by atoms with Crippen LogP contribution in [-0.4, -0.2) is 13.1 Å². The molecule has 1 aliphatic rings. The molecule has 2 unspecified atom stereocenters. The smallest absolute Gasteiger partial charge is 0.0285 e. The van der Waals surface area contributed by atoms with Crippen LogP contribution in [0, 0.1) is 17.8 Å². The van der Waals surface area contributed by atoms with Crippen LogP contribution in [-0.2, 0) is 6.42 Å². The third kappa shape index (κ3) is 4.36. The largest absolute Gasteiger partial charge is 0.316 e. The summed E-state index contributed by atoms with van der Waals surface area (Å²) in [6, 6.07) is 2.29. The summed E-state index contributed by atoms with van der Waals surface area (Å²) in [5.74, 6) is 2.55. The van der Waals surface area contributed by atoms with Crippen molar-refractivity contribution in [1.82, 2.24) is 5.32 Å². The standard InChI is InChI=1S/C15H24BrNS/c1-11(2)8-17-9-13-5-3-4-12(13)6-15-7-14(16)10-18-15/h7,10-13,17H,3-6,8-9H2,1-2H3. The first-order chi connectivity index (χ1) is 8.65. The molecule has 0 bridgehead atoms. The van der Waals surface area contributed by atoms with Crippen molar-refractivity contribution >= 4 is 27.3 Å². The summed E-state index contributed by atoms with van der Waals surface area (Å²) in [5, 5.41) is 5.85. The quantitative estimate of drug-likeness (QED) is 0.796. The van der Waals surface area contributed by atoms with Gasteiger partial charge in [0.2, 0.25) is 0 Å². The van der Waals surface area contributed by atoms with Gasteiger partial charge >= 0.3 is 0 Å². The Morgan fingerprint density at radius 3 is 2.83 bits per heavy atom. The van der Waals surface area contributed by atoms with Crippen LogP contribution in [0.15, 0.2) is 15.9 Å². The second-order valence-corrected chi connectivity index (χ2v) is 7.85. The van der Waals surface area contributed by atoms with E-state index in [1.54, 1.807) is 4.88 Å². The lowest BCUT2D eigenvalue weighted by Gasteiger charge is -2.20. The van der Waals surface area contributed by atoms with Gasteiger partial charge in [0.1, 0.15) is 0 Å². The van der Waals surface area contributed by atoms with Gasteiger partial charge in [-0.3, -0.25) is 0 Å². The van der Waals surface area contributed by atoms with Crippen molar-refractivity contribution in [1.29, 1.82) is 0 Å². The number of nitrogens with one attached hydrogen (secondary N) is 1. The van der Waals surface area contributed by atoms with Gasteiger partial charge in [0.05, 0.1) is 0 Å². The van der Waals surface area contributed by atoms with E-state index in [0.29, 0.717) is 0 Å². The van der Waals surface area contributed by atoms with Gasteiger partial charge in [-0.2, -0.15) is 0 Å². The first-order valence-electron chi connectivity index (χ1n) is 7.08. The van der Waals surface area contributed by atoms with Gasteiger partial charge < -0.3 is 5.32 Å². The molecule has 0 spiro atoms. The molecule has 18 heavy (non-hydrogen) atoms. The zero-order valence-electron chi connectivity index (χ0n) is 11.4. The summed E-state index contributed by atoms with van der Waals surface area (Å²) in [6.07, 6.45) is 5.54. The molecule has 1 aromatic rings. The maximum atomic E-state index is 3.64. The Balaban J connectivity index is 1.80. The molecule has 102 valence electrons. The van der Waals surface area contributed by atoms with Crippen LogP contribution in [0.4, 0.5) is 0 Å². The molecule has 2 atom stereocenters. The zero-order valence-corrected chi connectivity index (χ0v) is 13.8. The van der Waals surface area contributed by atoms with Crippen molar-refractivity contribution in [3.63, 3.8) is 0 Å². The van der Waals surface area contributed by atoms with E-state index < -0.39 is 0 Å². The molecule has 3 heteroatoms. The second-order valence-electron chi connectivity index (χ2n) is 5.94. The fourth-order valence-corrected chi connectivity index (χ4v) is 4.47. The normalized spacial score (nSPS) is 24.0. The lowest BCUT2D eigenvalue weighted by Crippen LogP contribution is -2.28. The lowest BCUT2D eigenvalue weighted by atomic mass is 9.92. The van der Waals surface area contributed by atoms with Crippen LogP contribution in [0.5, 0.6) is 0 Å². The highest BCUT2D eigenvalue weighted by atomic mass is 79.9. The first kappa shape index (κ1) is 14.5. The van der Waals surface area contributed by atoms with Gasteiger partial charge in [-0.1, -0.05) is 20.3 Å². The molecule has 1 heterocycles. The number of hydrogen-bond donors (Lipinski definition) is 1. The molecule has 0 aromatic carbocycles. The minimum atomic E-state index is 0.762. The molecule has 1 aromatic heterocycles. The SMILES string of the molecule is CC(C)CNCC1CCCC1Cc1cc(Br)cs1. The summed E-state index contributed by atoms with van der Waals surface area (Å²) in [5.41, 5.74) is 0. The van der Waals surface area contributed by atoms with Crippen molar-refractivity contribution in [3.05, 3.63) is 20.8 Å². The van der Waals surface area contributed by atoms with Gasteiger partial charge in [-0.05, 0) is 72.1 Å². The number of halogens is 1. The van der Waals surface area contributed by atoms with E-state index >= 15 is 0 Å². The van der Waals surface area contributed by atoms with E-state index in [1.165, 1.54) is 36.7 Å². The molecular weight excluding hydrogens is 306 g/mol. The Kier molecular flexibility index (Phi) is 5.71. The third-order valence-corrected chi connectivity index (χ3v) is 5.58. The minimum absolute atomic E-state index is 0.762. The highest BCUT2D eigenvalue weighted by Crippen LogP contribution is 2.35. The van der Waals surface area contributed by atoms with Crippen molar-refractivity contribution in [2.45, 2.75) is 39.5 Å². The molecule has 0 radical (unpaired) electrons. The van der Waals surface area contributed by atoms with Crippen LogP contribution in [0.25, 0.3) is 0 Å². The van der Waals surface area contributed by atoms with Gasteiger partial charge in [0.15, 0.2) is 0 Å². The molecule has 0 aliphatic heterocycles. The number of hydrogen-bond acceptors (Lipinski definition) is 2. The van der Waals surface area contributed by atoms with Crippen molar-refractivity contribution in [2.75, 3.05) is 13.1 Å². The van der Waals surface area contributed by atoms with E-state index in [9.17, 15) is 0 Å². The van der Waals surface area contributed by atoms with E-state index in [-0.39, 0.29) is 0 Å². The van der Waals surface area contributed by atoms with Crippen LogP contribution in [0.3, 0.4) is 0 Å². The minimum Gasteiger partial charge on any atom is -0.316 e. The maximum Gasteiger partial charge on any atom is 0.0285 e. The van der Waals surface area contributed by atoms with Gasteiger partial charge in [0, 0.05) is 14.7 Å². The van der Waals surface area contributed by atoms with E-state index in [1.807, 2.05) is 11.3 Å². The Hall–Kier alpha value is 0.140. The Labute approximate surface area is 123 Å². The Morgan fingerprint density at radius 1 is 1.39 bits per heavy atom. The predicted molar refractivity (Wildman–Crippen MR) is 84.3 cm³/mol. The van der Waals surface area contributed by atoms with Crippen molar-refractivity contribution in [3.8, 4) is 0 Å². The highest BCUT2D eigenvalue weighted by molar-refractivity contribution is 9.10. The molecular formula is C15H24BrNS. The van der Waals surface area contributed by atoms with Gasteiger partial charge in [-0.25, -0.2) is 0 Å². The van der Waals surface area contributed by atoms with Crippen molar-refractivity contribution in [2.24, 2.45) is 17.8 Å². The number of thiophene rings is 1. The molecule has 1 saturated carbocycles. The molecule has 0 amide bonds. The summed E-state index contributed by atoms with van der Waals surface area (Å²) in [7, 11) is 0. The topological polar surface area (TPSA) is 12.0 Å². The van der Waals surface area contributed by atoms with Crippen LogP contribution >= 0.6 is 27.3 Å².